The lowest BCUT2D eigenvalue weighted by Crippen LogP contribution is -1.93. The minimum atomic E-state index is -0.874. The van der Waals surface area contributed by atoms with Crippen molar-refractivity contribution in [2.75, 3.05) is 0 Å². The van der Waals surface area contributed by atoms with Crippen molar-refractivity contribution in [3.63, 3.8) is 0 Å². The zero-order valence-electron chi connectivity index (χ0n) is 12.5. The van der Waals surface area contributed by atoms with Gasteiger partial charge in [-0.05, 0) is 48.9 Å². The second-order valence-corrected chi connectivity index (χ2v) is 5.34. The van der Waals surface area contributed by atoms with Gasteiger partial charge in [0, 0.05) is 6.08 Å². The topological polar surface area (TPSA) is 37.3 Å². The molecule has 0 bridgehead atoms. The number of aryl methyl sites for hydroxylation is 2. The summed E-state index contributed by atoms with van der Waals surface area (Å²) in [5.74, 6) is -0.874. The van der Waals surface area contributed by atoms with Crippen LogP contribution in [0, 0.1) is 6.92 Å². The Morgan fingerprint density at radius 1 is 1.14 bits per heavy atom. The van der Waals surface area contributed by atoms with E-state index in [9.17, 15) is 4.79 Å². The number of benzene rings is 2. The SMILES string of the molecule is C/C(=C\C(=O)O)CCc1cccc(-c2ccccc2C)c1. The Labute approximate surface area is 125 Å². The van der Waals surface area contributed by atoms with Crippen LogP contribution in [-0.4, -0.2) is 11.1 Å². The molecule has 0 aliphatic heterocycles. The zero-order chi connectivity index (χ0) is 15.2. The number of rotatable bonds is 5. The van der Waals surface area contributed by atoms with Gasteiger partial charge in [0.15, 0.2) is 0 Å². The van der Waals surface area contributed by atoms with Crippen LogP contribution in [0.25, 0.3) is 11.1 Å². The van der Waals surface area contributed by atoms with Crippen molar-refractivity contribution in [2.45, 2.75) is 26.7 Å². The van der Waals surface area contributed by atoms with Crippen molar-refractivity contribution in [3.8, 4) is 11.1 Å². The maximum Gasteiger partial charge on any atom is 0.328 e. The molecule has 2 nitrogen and oxygen atoms in total. The molecule has 2 aromatic carbocycles. The number of carbonyl (C=O) groups is 1. The fourth-order valence-electron chi connectivity index (χ4n) is 2.42. The second kappa shape index (κ2) is 6.89. The van der Waals surface area contributed by atoms with E-state index in [2.05, 4.69) is 49.4 Å². The first kappa shape index (κ1) is 15.0. The van der Waals surface area contributed by atoms with Gasteiger partial charge in [0.2, 0.25) is 0 Å². The predicted molar refractivity (Wildman–Crippen MR) is 86.3 cm³/mol. The summed E-state index contributed by atoms with van der Waals surface area (Å²) in [5, 5.41) is 8.73. The van der Waals surface area contributed by atoms with Crippen LogP contribution in [0.15, 0.2) is 60.2 Å². The normalized spacial score (nSPS) is 11.4. The summed E-state index contributed by atoms with van der Waals surface area (Å²) in [4.78, 5) is 10.6. The summed E-state index contributed by atoms with van der Waals surface area (Å²) < 4.78 is 0. The van der Waals surface area contributed by atoms with Gasteiger partial charge >= 0.3 is 5.97 Å². The van der Waals surface area contributed by atoms with Crippen molar-refractivity contribution in [3.05, 3.63) is 71.3 Å². The molecule has 0 unspecified atom stereocenters. The fourth-order valence-corrected chi connectivity index (χ4v) is 2.42. The Kier molecular flexibility index (Phi) is 4.94. The molecule has 0 aromatic heterocycles. The molecule has 0 saturated heterocycles. The van der Waals surface area contributed by atoms with Crippen molar-refractivity contribution in [1.82, 2.24) is 0 Å². The van der Waals surface area contributed by atoms with Crippen LogP contribution in [0.4, 0.5) is 0 Å². The molecule has 0 aliphatic carbocycles. The molecule has 0 spiro atoms. The number of hydrogen-bond donors (Lipinski definition) is 1. The highest BCUT2D eigenvalue weighted by Gasteiger charge is 2.03. The molecular formula is C19H20O2. The minimum Gasteiger partial charge on any atom is -0.478 e. The van der Waals surface area contributed by atoms with Crippen LogP contribution in [0.2, 0.25) is 0 Å². The highest BCUT2D eigenvalue weighted by molar-refractivity contribution is 5.80. The van der Waals surface area contributed by atoms with Gasteiger partial charge in [-0.25, -0.2) is 4.79 Å². The molecule has 0 radical (unpaired) electrons. The Hall–Kier alpha value is -2.35. The Morgan fingerprint density at radius 3 is 2.62 bits per heavy atom. The fraction of sp³-hybridized carbons (Fsp3) is 0.211. The summed E-state index contributed by atoms with van der Waals surface area (Å²) in [5.41, 5.74) is 5.84. The molecule has 2 aromatic rings. The third-order valence-electron chi connectivity index (χ3n) is 3.56. The lowest BCUT2D eigenvalue weighted by atomic mass is 9.97. The predicted octanol–water partition coefficient (Wildman–Crippen LogP) is 4.63. The van der Waals surface area contributed by atoms with Crippen LogP contribution in [0.3, 0.4) is 0 Å². The van der Waals surface area contributed by atoms with E-state index in [0.717, 1.165) is 18.4 Å². The van der Waals surface area contributed by atoms with Gasteiger partial charge < -0.3 is 5.11 Å². The maximum atomic E-state index is 10.6. The van der Waals surface area contributed by atoms with Crippen molar-refractivity contribution in [1.29, 1.82) is 0 Å². The first-order valence-electron chi connectivity index (χ1n) is 7.11. The quantitative estimate of drug-likeness (QED) is 0.811. The summed E-state index contributed by atoms with van der Waals surface area (Å²) in [7, 11) is 0. The summed E-state index contributed by atoms with van der Waals surface area (Å²) >= 11 is 0. The molecule has 0 fully saturated rings. The molecule has 0 atom stereocenters. The standard InChI is InChI=1S/C19H20O2/c1-14(12-19(20)21)10-11-16-7-5-8-17(13-16)18-9-4-3-6-15(18)2/h3-9,12-13H,10-11H2,1-2H3,(H,20,21)/b14-12+. The molecule has 0 aliphatic rings. The zero-order valence-corrected chi connectivity index (χ0v) is 12.5. The molecule has 1 N–H and O–H groups in total. The molecule has 2 heteroatoms. The van der Waals surface area contributed by atoms with Crippen LogP contribution >= 0.6 is 0 Å². The van der Waals surface area contributed by atoms with Gasteiger partial charge in [-0.2, -0.15) is 0 Å². The highest BCUT2D eigenvalue weighted by atomic mass is 16.4. The minimum absolute atomic E-state index is 0.767. The van der Waals surface area contributed by atoms with E-state index in [-0.39, 0.29) is 0 Å². The maximum absolute atomic E-state index is 10.6. The number of carboxylic acids is 1. The van der Waals surface area contributed by atoms with Crippen LogP contribution in [-0.2, 0) is 11.2 Å². The van der Waals surface area contributed by atoms with E-state index in [1.165, 1.54) is 28.3 Å². The average molecular weight is 280 g/mol. The number of hydrogen-bond acceptors (Lipinski definition) is 1. The van der Waals surface area contributed by atoms with Crippen LogP contribution < -0.4 is 0 Å². The summed E-state index contributed by atoms with van der Waals surface area (Å²) in [6, 6.07) is 16.8. The first-order chi connectivity index (χ1) is 10.1. The van der Waals surface area contributed by atoms with E-state index >= 15 is 0 Å². The highest BCUT2D eigenvalue weighted by Crippen LogP contribution is 2.24. The van der Waals surface area contributed by atoms with Gasteiger partial charge in [0.25, 0.3) is 0 Å². The van der Waals surface area contributed by atoms with Gasteiger partial charge in [-0.15, -0.1) is 0 Å². The molecule has 0 saturated carbocycles. The Bertz CT molecular complexity index is 669. The van der Waals surface area contributed by atoms with Gasteiger partial charge in [-0.1, -0.05) is 54.1 Å². The first-order valence-corrected chi connectivity index (χ1v) is 7.11. The van der Waals surface area contributed by atoms with E-state index in [1.54, 1.807) is 0 Å². The monoisotopic (exact) mass is 280 g/mol. The number of allylic oxidation sites excluding steroid dienone is 1. The summed E-state index contributed by atoms with van der Waals surface area (Å²) in [6.07, 6.45) is 2.91. The Morgan fingerprint density at radius 2 is 1.90 bits per heavy atom. The average Bonchev–Trinajstić information content (AvgIpc) is 2.45. The van der Waals surface area contributed by atoms with E-state index in [4.69, 9.17) is 5.11 Å². The largest absolute Gasteiger partial charge is 0.478 e. The van der Waals surface area contributed by atoms with Crippen molar-refractivity contribution >= 4 is 5.97 Å². The van der Waals surface area contributed by atoms with Crippen LogP contribution in [0.1, 0.15) is 24.5 Å². The van der Waals surface area contributed by atoms with Crippen LogP contribution in [0.5, 0.6) is 0 Å². The molecule has 2 rings (SSSR count). The molecular weight excluding hydrogens is 260 g/mol. The van der Waals surface area contributed by atoms with Gasteiger partial charge in [0.1, 0.15) is 0 Å². The van der Waals surface area contributed by atoms with Crippen molar-refractivity contribution < 1.29 is 9.90 Å². The molecule has 0 heterocycles. The third-order valence-corrected chi connectivity index (χ3v) is 3.56. The summed E-state index contributed by atoms with van der Waals surface area (Å²) in [6.45, 7) is 3.97. The van der Waals surface area contributed by atoms with Gasteiger partial charge in [0.05, 0.1) is 0 Å². The van der Waals surface area contributed by atoms with E-state index < -0.39 is 5.97 Å². The number of carboxylic acid groups (broad SMARTS) is 1. The molecule has 0 amide bonds. The van der Waals surface area contributed by atoms with E-state index in [0.29, 0.717) is 0 Å². The lowest BCUT2D eigenvalue weighted by molar-refractivity contribution is -0.131. The molecule has 108 valence electrons. The lowest BCUT2D eigenvalue weighted by Gasteiger charge is -2.08. The van der Waals surface area contributed by atoms with Gasteiger partial charge in [-0.3, -0.25) is 0 Å². The van der Waals surface area contributed by atoms with E-state index in [1.807, 2.05) is 13.0 Å². The molecule has 21 heavy (non-hydrogen) atoms. The Balaban J connectivity index is 2.15. The number of aliphatic carboxylic acids is 1. The second-order valence-electron chi connectivity index (χ2n) is 5.34. The van der Waals surface area contributed by atoms with Crippen molar-refractivity contribution in [2.24, 2.45) is 0 Å². The third kappa shape index (κ3) is 4.32. The smallest absolute Gasteiger partial charge is 0.328 e.